The summed E-state index contributed by atoms with van der Waals surface area (Å²) in [5, 5.41) is 6.43. The Balaban J connectivity index is 1.50. The van der Waals surface area contributed by atoms with Crippen LogP contribution >= 0.6 is 11.6 Å². The van der Waals surface area contributed by atoms with Gasteiger partial charge < -0.3 is 10.6 Å². The van der Waals surface area contributed by atoms with Crippen LogP contribution in [0.1, 0.15) is 43.0 Å². The van der Waals surface area contributed by atoms with Gasteiger partial charge in [-0.25, -0.2) is 4.79 Å². The number of nitrogens with one attached hydrogen (secondary N) is 2. The Morgan fingerprint density at radius 2 is 1.87 bits per heavy atom. The first-order valence-electron chi connectivity index (χ1n) is 10.1. The zero-order chi connectivity index (χ0) is 21.5. The van der Waals surface area contributed by atoms with Crippen molar-refractivity contribution < 1.29 is 14.4 Å². The van der Waals surface area contributed by atoms with Gasteiger partial charge in [0.05, 0.1) is 6.04 Å². The Kier molecular flexibility index (Phi) is 5.28. The van der Waals surface area contributed by atoms with Crippen molar-refractivity contribution in [2.45, 2.75) is 38.3 Å². The molecule has 6 nitrogen and oxygen atoms in total. The molecule has 2 N–H and O–H groups in total. The van der Waals surface area contributed by atoms with Crippen LogP contribution in [0.2, 0.25) is 5.02 Å². The van der Waals surface area contributed by atoms with Crippen molar-refractivity contribution >= 4 is 29.4 Å². The van der Waals surface area contributed by atoms with E-state index in [1.165, 1.54) is 0 Å². The number of hydrogen-bond donors (Lipinski definition) is 2. The minimum Gasteiger partial charge on any atom is -0.347 e. The number of imide groups is 1. The molecule has 0 saturated carbocycles. The summed E-state index contributed by atoms with van der Waals surface area (Å²) in [6.07, 6.45) is 1.22. The monoisotopic (exact) mass is 425 g/mol. The first-order valence-corrected chi connectivity index (χ1v) is 10.5. The van der Waals surface area contributed by atoms with Crippen LogP contribution in [0.5, 0.6) is 0 Å². The number of carbonyl (C=O) groups is 3. The third-order valence-electron chi connectivity index (χ3n) is 5.94. The van der Waals surface area contributed by atoms with E-state index in [0.717, 1.165) is 21.6 Å². The molecule has 4 amide bonds. The van der Waals surface area contributed by atoms with Gasteiger partial charge in [0.1, 0.15) is 12.1 Å². The highest BCUT2D eigenvalue weighted by Gasteiger charge is 2.55. The van der Waals surface area contributed by atoms with E-state index in [2.05, 4.69) is 10.6 Å². The summed E-state index contributed by atoms with van der Waals surface area (Å²) < 4.78 is 0. The molecule has 2 aromatic carbocycles. The Labute approximate surface area is 180 Å². The van der Waals surface area contributed by atoms with Gasteiger partial charge in [0, 0.05) is 5.02 Å². The molecule has 7 heteroatoms. The lowest BCUT2D eigenvalue weighted by molar-refractivity contribution is -0.135. The second-order valence-corrected chi connectivity index (χ2v) is 8.66. The van der Waals surface area contributed by atoms with E-state index in [9.17, 15) is 14.4 Å². The van der Waals surface area contributed by atoms with Gasteiger partial charge in [-0.2, -0.15) is 0 Å². The van der Waals surface area contributed by atoms with E-state index in [4.69, 9.17) is 11.6 Å². The predicted molar refractivity (Wildman–Crippen MR) is 114 cm³/mol. The fraction of sp³-hybridized carbons (Fsp3) is 0.348. The second kappa shape index (κ2) is 7.76. The molecule has 0 aromatic heterocycles. The Morgan fingerprint density at radius 1 is 1.17 bits per heavy atom. The van der Waals surface area contributed by atoms with Crippen LogP contribution in [0.15, 0.2) is 48.5 Å². The lowest BCUT2D eigenvalue weighted by Crippen LogP contribution is -2.44. The fourth-order valence-corrected chi connectivity index (χ4v) is 4.53. The number of benzene rings is 2. The molecular weight excluding hydrogens is 402 g/mol. The van der Waals surface area contributed by atoms with E-state index >= 15 is 0 Å². The van der Waals surface area contributed by atoms with Crippen LogP contribution in [0.25, 0.3) is 0 Å². The van der Waals surface area contributed by atoms with Gasteiger partial charge in [-0.05, 0) is 47.6 Å². The molecule has 1 aliphatic carbocycles. The van der Waals surface area contributed by atoms with Crippen molar-refractivity contribution in [1.29, 1.82) is 0 Å². The lowest BCUT2D eigenvalue weighted by atomic mass is 9.92. The fourth-order valence-electron chi connectivity index (χ4n) is 4.40. The topological polar surface area (TPSA) is 78.5 Å². The van der Waals surface area contributed by atoms with Crippen LogP contribution in [-0.4, -0.2) is 29.3 Å². The zero-order valence-corrected chi connectivity index (χ0v) is 17.7. The molecule has 0 bridgehead atoms. The molecule has 0 radical (unpaired) electrons. The normalized spacial score (nSPS) is 21.1. The number of halogens is 1. The molecule has 156 valence electrons. The van der Waals surface area contributed by atoms with Crippen LogP contribution in [0, 0.1) is 5.92 Å². The molecule has 4 rings (SSSR count). The highest BCUT2D eigenvalue weighted by molar-refractivity contribution is 6.30. The van der Waals surface area contributed by atoms with Crippen molar-refractivity contribution in [2.24, 2.45) is 5.92 Å². The van der Waals surface area contributed by atoms with Gasteiger partial charge in [-0.3, -0.25) is 14.5 Å². The molecular formula is C23H24ClN3O3. The number of urea groups is 1. The highest BCUT2D eigenvalue weighted by Crippen LogP contribution is 2.41. The van der Waals surface area contributed by atoms with Crippen LogP contribution in [-0.2, 0) is 21.5 Å². The minimum absolute atomic E-state index is 0.117. The smallest absolute Gasteiger partial charge is 0.325 e. The summed E-state index contributed by atoms with van der Waals surface area (Å²) in [7, 11) is 0. The third kappa shape index (κ3) is 3.45. The molecule has 1 heterocycles. The van der Waals surface area contributed by atoms with E-state index in [1.54, 1.807) is 12.1 Å². The number of nitrogens with zero attached hydrogens (tertiary/aromatic N) is 1. The van der Waals surface area contributed by atoms with Gasteiger partial charge in [0.15, 0.2) is 0 Å². The highest BCUT2D eigenvalue weighted by atomic mass is 35.5. The van der Waals surface area contributed by atoms with Gasteiger partial charge >= 0.3 is 6.03 Å². The van der Waals surface area contributed by atoms with Crippen molar-refractivity contribution in [3.8, 4) is 0 Å². The Hall–Kier alpha value is -2.86. The maximum atomic E-state index is 13.2. The summed E-state index contributed by atoms with van der Waals surface area (Å²) in [6, 6.07) is 14.1. The second-order valence-electron chi connectivity index (χ2n) is 8.22. The molecule has 1 spiro atoms. The molecule has 2 unspecified atom stereocenters. The number of carbonyl (C=O) groups excluding carboxylic acids is 3. The molecule has 1 saturated heterocycles. The SMILES string of the molecule is CC(C)C(NC(=O)CN1C(=O)NC2(CCc3ccccc32)C1=O)c1ccc(Cl)cc1. The summed E-state index contributed by atoms with van der Waals surface area (Å²) in [6.45, 7) is 3.68. The quantitative estimate of drug-likeness (QED) is 0.719. The first-order chi connectivity index (χ1) is 14.3. The summed E-state index contributed by atoms with van der Waals surface area (Å²) in [4.78, 5) is 39.6. The number of aryl methyl sites for hydroxylation is 1. The Morgan fingerprint density at radius 3 is 2.57 bits per heavy atom. The molecule has 2 atom stereocenters. The van der Waals surface area contributed by atoms with Crippen LogP contribution < -0.4 is 10.6 Å². The zero-order valence-electron chi connectivity index (χ0n) is 16.9. The number of amides is 4. The van der Waals surface area contributed by atoms with Crippen LogP contribution in [0.4, 0.5) is 4.79 Å². The molecule has 2 aromatic rings. The van der Waals surface area contributed by atoms with E-state index in [-0.39, 0.29) is 30.3 Å². The van der Waals surface area contributed by atoms with E-state index < -0.39 is 11.6 Å². The summed E-state index contributed by atoms with van der Waals surface area (Å²) in [5.74, 6) is -0.623. The summed E-state index contributed by atoms with van der Waals surface area (Å²) >= 11 is 5.97. The third-order valence-corrected chi connectivity index (χ3v) is 6.19. The Bertz CT molecular complexity index is 1010. The van der Waals surface area contributed by atoms with Gasteiger partial charge in [-0.15, -0.1) is 0 Å². The van der Waals surface area contributed by atoms with E-state index in [0.29, 0.717) is 17.9 Å². The number of rotatable bonds is 5. The van der Waals surface area contributed by atoms with Crippen molar-refractivity contribution in [2.75, 3.05) is 6.54 Å². The summed E-state index contributed by atoms with van der Waals surface area (Å²) in [5.41, 5.74) is 1.75. The number of hydrogen-bond acceptors (Lipinski definition) is 3. The molecule has 1 aliphatic heterocycles. The molecule has 30 heavy (non-hydrogen) atoms. The van der Waals surface area contributed by atoms with Crippen molar-refractivity contribution in [3.05, 3.63) is 70.2 Å². The van der Waals surface area contributed by atoms with Crippen molar-refractivity contribution in [3.63, 3.8) is 0 Å². The minimum atomic E-state index is -1.05. The largest absolute Gasteiger partial charge is 0.347 e. The van der Waals surface area contributed by atoms with Gasteiger partial charge in [0.2, 0.25) is 5.91 Å². The number of fused-ring (bicyclic) bond motifs is 2. The first kappa shape index (κ1) is 20.4. The molecule has 1 fully saturated rings. The van der Waals surface area contributed by atoms with Gasteiger partial charge in [0.25, 0.3) is 5.91 Å². The predicted octanol–water partition coefficient (Wildman–Crippen LogP) is 3.55. The lowest BCUT2D eigenvalue weighted by Gasteiger charge is -2.25. The maximum absolute atomic E-state index is 13.2. The molecule has 2 aliphatic rings. The van der Waals surface area contributed by atoms with Gasteiger partial charge in [-0.1, -0.05) is 61.8 Å². The average molecular weight is 426 g/mol. The van der Waals surface area contributed by atoms with E-state index in [1.807, 2.05) is 50.2 Å². The average Bonchev–Trinajstić information content (AvgIpc) is 3.20. The maximum Gasteiger partial charge on any atom is 0.325 e. The van der Waals surface area contributed by atoms with Crippen molar-refractivity contribution in [1.82, 2.24) is 15.5 Å². The van der Waals surface area contributed by atoms with Crippen LogP contribution in [0.3, 0.4) is 0 Å². The standard InChI is InChI=1S/C23H24ClN3O3/c1-14(2)20(16-7-9-17(24)10-8-16)25-19(28)13-27-21(29)23(26-22(27)30)12-11-15-5-3-4-6-18(15)23/h3-10,14,20H,11-13H2,1-2H3,(H,25,28)(H,26,30).